The van der Waals surface area contributed by atoms with Crippen molar-refractivity contribution in [2.24, 2.45) is 5.92 Å². The highest BCUT2D eigenvalue weighted by Crippen LogP contribution is 2.29. The van der Waals surface area contributed by atoms with Gasteiger partial charge >= 0.3 is 6.03 Å². The minimum Gasteiger partial charge on any atom is -0.381 e. The summed E-state index contributed by atoms with van der Waals surface area (Å²) in [5.41, 5.74) is 0. The normalized spacial score (nSPS) is 16.6. The third-order valence-corrected chi connectivity index (χ3v) is 4.59. The van der Waals surface area contributed by atoms with Crippen molar-refractivity contribution in [1.29, 1.82) is 0 Å². The smallest absolute Gasteiger partial charge is 0.315 e. The first-order valence-corrected chi connectivity index (χ1v) is 9.20. The van der Waals surface area contributed by atoms with Crippen molar-refractivity contribution < 1.29 is 14.1 Å². The molecule has 3 rings (SSSR count). The Morgan fingerprint density at radius 3 is 2.69 bits per heavy atom. The summed E-state index contributed by atoms with van der Waals surface area (Å²) in [5.74, 6) is 1.53. The fraction of sp³-hybridized carbons (Fsp3) is 0.611. The molecule has 0 bridgehead atoms. The number of nitrogens with one attached hydrogen (secondary N) is 2. The zero-order chi connectivity index (χ0) is 18.4. The molecule has 8 nitrogen and oxygen atoms in total. The van der Waals surface area contributed by atoms with Gasteiger partial charge in [0.1, 0.15) is 6.04 Å². The molecule has 3 heterocycles. The number of carbonyl (C=O) groups excluding carboxylic acids is 1. The Bertz CT molecular complexity index is 677. The van der Waals surface area contributed by atoms with Crippen LogP contribution in [0.2, 0.25) is 0 Å². The van der Waals surface area contributed by atoms with Crippen LogP contribution in [0.25, 0.3) is 0 Å². The molecule has 0 spiro atoms. The van der Waals surface area contributed by atoms with E-state index < -0.39 is 0 Å². The van der Waals surface area contributed by atoms with Crippen LogP contribution in [0.15, 0.2) is 29.0 Å². The van der Waals surface area contributed by atoms with E-state index in [0.29, 0.717) is 31.5 Å². The van der Waals surface area contributed by atoms with Crippen molar-refractivity contribution >= 4 is 6.03 Å². The number of carbonyl (C=O) groups is 1. The molecule has 1 fully saturated rings. The molecule has 1 aliphatic heterocycles. The van der Waals surface area contributed by atoms with Crippen LogP contribution in [0, 0.1) is 5.92 Å². The highest BCUT2D eigenvalue weighted by molar-refractivity contribution is 5.74. The lowest BCUT2D eigenvalue weighted by Crippen LogP contribution is -2.42. The van der Waals surface area contributed by atoms with E-state index >= 15 is 0 Å². The zero-order valence-corrected chi connectivity index (χ0v) is 15.4. The number of hydrogen-bond acceptors (Lipinski definition) is 5. The number of urea groups is 1. The maximum atomic E-state index is 12.4. The van der Waals surface area contributed by atoms with Crippen LogP contribution in [0.1, 0.15) is 50.4 Å². The van der Waals surface area contributed by atoms with Crippen molar-refractivity contribution in [1.82, 2.24) is 25.3 Å². The van der Waals surface area contributed by atoms with Gasteiger partial charge in [-0.3, -0.25) is 0 Å². The van der Waals surface area contributed by atoms with Gasteiger partial charge in [-0.15, -0.1) is 0 Å². The number of nitrogens with zero attached hydrogens (tertiary/aromatic N) is 3. The number of rotatable bonds is 7. The van der Waals surface area contributed by atoms with Crippen LogP contribution < -0.4 is 10.6 Å². The number of hydrogen-bond donors (Lipinski definition) is 2. The van der Waals surface area contributed by atoms with Gasteiger partial charge in [-0.2, -0.15) is 4.98 Å². The topological polar surface area (TPSA) is 94.2 Å². The van der Waals surface area contributed by atoms with Crippen molar-refractivity contribution in [2.75, 3.05) is 19.8 Å². The van der Waals surface area contributed by atoms with Crippen molar-refractivity contribution in [2.45, 2.75) is 45.2 Å². The lowest BCUT2D eigenvalue weighted by atomic mass is 9.91. The molecule has 2 aromatic rings. The van der Waals surface area contributed by atoms with Crippen LogP contribution >= 0.6 is 0 Å². The second-order valence-corrected chi connectivity index (χ2v) is 6.89. The minimum absolute atomic E-state index is 0.179. The molecule has 8 heteroatoms. The van der Waals surface area contributed by atoms with Crippen LogP contribution in [0.5, 0.6) is 0 Å². The van der Waals surface area contributed by atoms with Crippen molar-refractivity contribution in [3.05, 3.63) is 36.2 Å². The van der Waals surface area contributed by atoms with Gasteiger partial charge in [-0.25, -0.2) is 4.79 Å². The molecular formula is C18H27N5O3. The van der Waals surface area contributed by atoms with Gasteiger partial charge in [0.05, 0.1) is 0 Å². The molecule has 0 radical (unpaired) electrons. The van der Waals surface area contributed by atoms with Gasteiger partial charge < -0.3 is 24.5 Å². The highest BCUT2D eigenvalue weighted by atomic mass is 16.5. The average Bonchev–Trinajstić information content (AvgIpc) is 3.32. The monoisotopic (exact) mass is 361 g/mol. The first-order chi connectivity index (χ1) is 12.6. The maximum Gasteiger partial charge on any atom is 0.315 e. The summed E-state index contributed by atoms with van der Waals surface area (Å²) in [7, 11) is 0. The lowest BCUT2D eigenvalue weighted by Gasteiger charge is -2.28. The third kappa shape index (κ3) is 4.85. The summed E-state index contributed by atoms with van der Waals surface area (Å²) < 4.78 is 12.9. The third-order valence-electron chi connectivity index (χ3n) is 4.59. The second-order valence-electron chi connectivity index (χ2n) is 6.89. The van der Waals surface area contributed by atoms with E-state index in [4.69, 9.17) is 9.26 Å². The van der Waals surface area contributed by atoms with Gasteiger partial charge in [0.2, 0.25) is 5.89 Å². The van der Waals surface area contributed by atoms with Crippen LogP contribution in [0.3, 0.4) is 0 Å². The van der Waals surface area contributed by atoms with E-state index in [1.807, 2.05) is 42.9 Å². The molecule has 0 aliphatic carbocycles. The Labute approximate surface area is 153 Å². The molecule has 1 aliphatic rings. The SMILES string of the molecule is CC(C)c1noc([C@@H](NC(=O)NCCn2cccc2)C2CCOCC2)n1. The van der Waals surface area contributed by atoms with Gasteiger partial charge in [-0.1, -0.05) is 19.0 Å². The largest absolute Gasteiger partial charge is 0.381 e. The zero-order valence-electron chi connectivity index (χ0n) is 15.4. The molecule has 1 saturated heterocycles. The van der Waals surface area contributed by atoms with Crippen LogP contribution in [-0.4, -0.2) is 40.5 Å². The van der Waals surface area contributed by atoms with E-state index in [1.54, 1.807) is 0 Å². The van der Waals surface area contributed by atoms with E-state index in [0.717, 1.165) is 19.4 Å². The molecule has 0 aromatic carbocycles. The summed E-state index contributed by atoms with van der Waals surface area (Å²) in [4.78, 5) is 16.9. The summed E-state index contributed by atoms with van der Waals surface area (Å²) >= 11 is 0. The van der Waals surface area contributed by atoms with E-state index in [2.05, 4.69) is 20.8 Å². The molecule has 0 unspecified atom stereocenters. The summed E-state index contributed by atoms with van der Waals surface area (Å²) in [5, 5.41) is 9.96. The molecule has 0 saturated carbocycles. The van der Waals surface area contributed by atoms with E-state index in [9.17, 15) is 4.79 Å². The number of amides is 2. The Kier molecular flexibility index (Phi) is 6.27. The quantitative estimate of drug-likeness (QED) is 0.790. The van der Waals surface area contributed by atoms with Crippen LogP contribution in [0.4, 0.5) is 4.79 Å². The molecule has 2 aromatic heterocycles. The standard InChI is InChI=1S/C18H27N5O3/c1-13(2)16-21-17(26-22-16)15(14-5-11-25-12-6-14)20-18(24)19-7-10-23-8-3-4-9-23/h3-4,8-9,13-15H,5-7,10-12H2,1-2H3,(H2,19,20,24)/t15-/m0/s1. The summed E-state index contributed by atoms with van der Waals surface area (Å²) in [6, 6.07) is 3.40. The fourth-order valence-corrected chi connectivity index (χ4v) is 3.05. The fourth-order valence-electron chi connectivity index (χ4n) is 3.05. The summed E-state index contributed by atoms with van der Waals surface area (Å²) in [6.45, 7) is 6.66. The molecule has 1 atom stereocenters. The molecule has 2 N–H and O–H groups in total. The van der Waals surface area contributed by atoms with Gasteiger partial charge in [-0.05, 0) is 30.9 Å². The van der Waals surface area contributed by atoms with Gasteiger partial charge in [0, 0.05) is 44.6 Å². The lowest BCUT2D eigenvalue weighted by molar-refractivity contribution is 0.0503. The predicted molar refractivity (Wildman–Crippen MR) is 95.6 cm³/mol. The Hall–Kier alpha value is -2.35. The molecule has 142 valence electrons. The number of aromatic nitrogens is 3. The molecular weight excluding hydrogens is 334 g/mol. The maximum absolute atomic E-state index is 12.4. The summed E-state index contributed by atoms with van der Waals surface area (Å²) in [6.07, 6.45) is 5.65. The Morgan fingerprint density at radius 2 is 2.04 bits per heavy atom. The van der Waals surface area contributed by atoms with Crippen molar-refractivity contribution in [3.63, 3.8) is 0 Å². The Morgan fingerprint density at radius 1 is 1.31 bits per heavy atom. The average molecular weight is 361 g/mol. The first kappa shape index (κ1) is 18.4. The van der Waals surface area contributed by atoms with E-state index in [1.165, 1.54) is 0 Å². The molecule has 26 heavy (non-hydrogen) atoms. The van der Waals surface area contributed by atoms with Crippen LogP contribution in [-0.2, 0) is 11.3 Å². The van der Waals surface area contributed by atoms with Gasteiger partial charge in [0.25, 0.3) is 0 Å². The highest BCUT2D eigenvalue weighted by Gasteiger charge is 2.31. The first-order valence-electron chi connectivity index (χ1n) is 9.20. The van der Waals surface area contributed by atoms with Gasteiger partial charge in [0.15, 0.2) is 5.82 Å². The van der Waals surface area contributed by atoms with E-state index in [-0.39, 0.29) is 23.9 Å². The van der Waals surface area contributed by atoms with Crippen molar-refractivity contribution in [3.8, 4) is 0 Å². The molecule has 2 amide bonds. The predicted octanol–water partition coefficient (Wildman–Crippen LogP) is 2.46. The number of ether oxygens (including phenoxy) is 1. The Balaban J connectivity index is 1.61. The second kappa shape index (κ2) is 8.84. The minimum atomic E-state index is -0.300.